The zero-order valence-corrected chi connectivity index (χ0v) is 14.3. The second-order valence-electron chi connectivity index (χ2n) is 5.84. The number of carboxylic acids is 1. The van der Waals surface area contributed by atoms with Crippen molar-refractivity contribution in [1.82, 2.24) is 10.6 Å². The van der Waals surface area contributed by atoms with Crippen molar-refractivity contribution in [1.29, 1.82) is 0 Å². The third-order valence-electron chi connectivity index (χ3n) is 3.90. The van der Waals surface area contributed by atoms with Crippen molar-refractivity contribution in [3.63, 3.8) is 0 Å². The summed E-state index contributed by atoms with van der Waals surface area (Å²) in [5, 5.41) is 23.2. The topological polar surface area (TPSA) is 168 Å². The number of carboxylic acid groups (broad SMARTS) is 1. The van der Waals surface area contributed by atoms with Crippen LogP contribution in [0.1, 0.15) is 39.5 Å². The lowest BCUT2D eigenvalue weighted by Crippen LogP contribution is -2.56. The lowest BCUT2D eigenvalue weighted by molar-refractivity contribution is -0.144. The highest BCUT2D eigenvalue weighted by Crippen LogP contribution is 2.08. The first kappa shape index (κ1) is 22.3. The normalized spacial score (nSPS) is 15.9. The summed E-state index contributed by atoms with van der Waals surface area (Å²) >= 11 is 0. The van der Waals surface area contributed by atoms with E-state index in [0.717, 1.165) is 6.42 Å². The Morgan fingerprint density at radius 1 is 1.12 bits per heavy atom. The van der Waals surface area contributed by atoms with Gasteiger partial charge < -0.3 is 32.3 Å². The summed E-state index contributed by atoms with van der Waals surface area (Å²) in [5.41, 5.74) is 11.1. The predicted octanol–water partition coefficient (Wildman–Crippen LogP) is -1.46. The van der Waals surface area contributed by atoms with E-state index < -0.39 is 42.5 Å². The summed E-state index contributed by atoms with van der Waals surface area (Å²) in [6.07, 6.45) is 2.38. The molecule has 0 aliphatic rings. The smallest absolute Gasteiger partial charge is 0.326 e. The summed E-state index contributed by atoms with van der Waals surface area (Å²) in [6, 6.07) is -3.15. The molecule has 9 heteroatoms. The minimum atomic E-state index is -1.25. The predicted molar refractivity (Wildman–Crippen MR) is 88.9 cm³/mol. The number of nitrogens with one attached hydrogen (secondary N) is 2. The number of hydrogen-bond acceptors (Lipinski definition) is 6. The molecule has 4 atom stereocenters. The van der Waals surface area contributed by atoms with Crippen LogP contribution in [-0.2, 0) is 14.4 Å². The molecule has 0 heterocycles. The van der Waals surface area contributed by atoms with Crippen LogP contribution in [0.25, 0.3) is 0 Å². The molecule has 0 aromatic heterocycles. The first-order valence-corrected chi connectivity index (χ1v) is 8.18. The van der Waals surface area contributed by atoms with Gasteiger partial charge in [-0.3, -0.25) is 9.59 Å². The lowest BCUT2D eigenvalue weighted by Gasteiger charge is -2.24. The van der Waals surface area contributed by atoms with E-state index >= 15 is 0 Å². The molecule has 0 aliphatic heterocycles. The molecule has 0 spiro atoms. The van der Waals surface area contributed by atoms with Crippen molar-refractivity contribution >= 4 is 17.8 Å². The minimum Gasteiger partial charge on any atom is -0.480 e. The molecular weight excluding hydrogens is 316 g/mol. The molecule has 0 rings (SSSR count). The van der Waals surface area contributed by atoms with Gasteiger partial charge in [-0.2, -0.15) is 0 Å². The second kappa shape index (κ2) is 11.8. The number of carbonyl (C=O) groups is 3. The van der Waals surface area contributed by atoms with E-state index in [0.29, 0.717) is 25.8 Å². The number of aliphatic hydroxyl groups is 1. The fourth-order valence-corrected chi connectivity index (χ4v) is 2.05. The third kappa shape index (κ3) is 7.71. The monoisotopic (exact) mass is 346 g/mol. The van der Waals surface area contributed by atoms with Crippen LogP contribution < -0.4 is 22.1 Å². The zero-order chi connectivity index (χ0) is 18.7. The number of carbonyl (C=O) groups excluding carboxylic acids is 2. The Balaban J connectivity index is 4.68. The van der Waals surface area contributed by atoms with E-state index in [1.807, 2.05) is 0 Å². The van der Waals surface area contributed by atoms with Crippen LogP contribution in [-0.4, -0.2) is 59.3 Å². The van der Waals surface area contributed by atoms with Gasteiger partial charge in [0, 0.05) is 0 Å². The molecule has 24 heavy (non-hydrogen) atoms. The van der Waals surface area contributed by atoms with Crippen molar-refractivity contribution in [2.24, 2.45) is 17.4 Å². The number of aliphatic carboxylic acids is 1. The highest BCUT2D eigenvalue weighted by Gasteiger charge is 2.29. The van der Waals surface area contributed by atoms with Crippen molar-refractivity contribution in [2.75, 3.05) is 13.2 Å². The molecule has 0 aromatic carbocycles. The standard InChI is InChI=1S/C15H30N4O5/c1-3-9(2)12(15(23)24)19-14(22)11(8-20)18-13(21)10(17)6-4-5-7-16/h9-12,20H,3-8,16-17H2,1-2H3,(H,18,21)(H,19,22)(H,23,24). The molecule has 9 nitrogen and oxygen atoms in total. The second-order valence-corrected chi connectivity index (χ2v) is 5.84. The molecule has 2 amide bonds. The van der Waals surface area contributed by atoms with Gasteiger partial charge in [0.25, 0.3) is 0 Å². The fraction of sp³-hybridized carbons (Fsp3) is 0.800. The summed E-state index contributed by atoms with van der Waals surface area (Å²) in [4.78, 5) is 35.3. The summed E-state index contributed by atoms with van der Waals surface area (Å²) in [6.45, 7) is 3.35. The number of aliphatic hydroxyl groups excluding tert-OH is 1. The highest BCUT2D eigenvalue weighted by atomic mass is 16.4. The van der Waals surface area contributed by atoms with Gasteiger partial charge in [-0.05, 0) is 25.3 Å². The van der Waals surface area contributed by atoms with Gasteiger partial charge >= 0.3 is 5.97 Å². The van der Waals surface area contributed by atoms with Crippen LogP contribution in [0.2, 0.25) is 0 Å². The minimum absolute atomic E-state index is 0.292. The van der Waals surface area contributed by atoms with E-state index in [1.165, 1.54) is 0 Å². The van der Waals surface area contributed by atoms with Crippen molar-refractivity contribution in [2.45, 2.75) is 57.7 Å². The van der Waals surface area contributed by atoms with Crippen LogP contribution in [0.5, 0.6) is 0 Å². The molecule has 8 N–H and O–H groups in total. The van der Waals surface area contributed by atoms with Crippen LogP contribution in [0.3, 0.4) is 0 Å². The van der Waals surface area contributed by atoms with E-state index in [1.54, 1.807) is 13.8 Å². The molecule has 0 saturated carbocycles. The Hall–Kier alpha value is -1.71. The quantitative estimate of drug-likeness (QED) is 0.235. The average Bonchev–Trinajstić information content (AvgIpc) is 2.55. The number of rotatable bonds is 12. The van der Waals surface area contributed by atoms with E-state index in [2.05, 4.69) is 10.6 Å². The first-order chi connectivity index (χ1) is 11.3. The molecule has 0 fully saturated rings. The van der Waals surface area contributed by atoms with Gasteiger partial charge in [0.15, 0.2) is 0 Å². The van der Waals surface area contributed by atoms with Crippen molar-refractivity contribution in [3.8, 4) is 0 Å². The van der Waals surface area contributed by atoms with Gasteiger partial charge in [0.05, 0.1) is 12.6 Å². The Morgan fingerprint density at radius 3 is 2.21 bits per heavy atom. The maximum Gasteiger partial charge on any atom is 0.326 e. The van der Waals surface area contributed by atoms with E-state index in [9.17, 15) is 24.6 Å². The summed E-state index contributed by atoms with van der Waals surface area (Å²) in [5.74, 6) is -2.79. The Kier molecular flexibility index (Phi) is 10.9. The Morgan fingerprint density at radius 2 is 1.75 bits per heavy atom. The maximum atomic E-state index is 12.1. The third-order valence-corrected chi connectivity index (χ3v) is 3.90. The fourth-order valence-electron chi connectivity index (χ4n) is 2.05. The molecule has 0 saturated heterocycles. The van der Waals surface area contributed by atoms with E-state index in [-0.39, 0.29) is 5.92 Å². The Bertz CT molecular complexity index is 419. The average molecular weight is 346 g/mol. The Labute approximate surface area is 142 Å². The maximum absolute atomic E-state index is 12.1. The molecule has 140 valence electrons. The SMILES string of the molecule is CCC(C)C(NC(=O)C(CO)NC(=O)C(N)CCCCN)C(=O)O. The number of unbranched alkanes of at least 4 members (excludes halogenated alkanes) is 1. The van der Waals surface area contributed by atoms with Crippen LogP contribution in [0, 0.1) is 5.92 Å². The van der Waals surface area contributed by atoms with Gasteiger partial charge in [-0.15, -0.1) is 0 Å². The largest absolute Gasteiger partial charge is 0.480 e. The molecule has 0 radical (unpaired) electrons. The highest BCUT2D eigenvalue weighted by molar-refractivity contribution is 5.91. The molecular formula is C15H30N4O5. The molecule has 4 unspecified atom stereocenters. The molecule has 0 aliphatic carbocycles. The van der Waals surface area contributed by atoms with Crippen LogP contribution in [0.15, 0.2) is 0 Å². The number of hydrogen-bond donors (Lipinski definition) is 6. The first-order valence-electron chi connectivity index (χ1n) is 8.18. The van der Waals surface area contributed by atoms with Gasteiger partial charge in [-0.25, -0.2) is 4.79 Å². The lowest BCUT2D eigenvalue weighted by atomic mass is 9.99. The zero-order valence-electron chi connectivity index (χ0n) is 14.3. The van der Waals surface area contributed by atoms with Gasteiger partial charge in [0.1, 0.15) is 12.1 Å². The van der Waals surface area contributed by atoms with Gasteiger partial charge in [-0.1, -0.05) is 26.7 Å². The molecule has 0 bridgehead atoms. The number of amides is 2. The van der Waals surface area contributed by atoms with Crippen LogP contribution in [0.4, 0.5) is 0 Å². The van der Waals surface area contributed by atoms with Gasteiger partial charge in [0.2, 0.25) is 11.8 Å². The van der Waals surface area contributed by atoms with Crippen molar-refractivity contribution < 1.29 is 24.6 Å². The summed E-state index contributed by atoms with van der Waals surface area (Å²) < 4.78 is 0. The summed E-state index contributed by atoms with van der Waals surface area (Å²) in [7, 11) is 0. The van der Waals surface area contributed by atoms with Crippen molar-refractivity contribution in [3.05, 3.63) is 0 Å². The van der Waals surface area contributed by atoms with Crippen LogP contribution >= 0.6 is 0 Å². The van der Waals surface area contributed by atoms with E-state index in [4.69, 9.17) is 11.5 Å². The number of nitrogens with two attached hydrogens (primary N) is 2. The molecule has 0 aromatic rings.